The molecule has 23 heavy (non-hydrogen) atoms. The topological polar surface area (TPSA) is 73.3 Å². The maximum Gasteiger partial charge on any atom is 0.276 e. The van der Waals surface area contributed by atoms with Gasteiger partial charge < -0.3 is 9.47 Å². The number of nitrogens with one attached hydrogen (secondary N) is 1. The highest BCUT2D eigenvalue weighted by atomic mass is 32.1. The Labute approximate surface area is 138 Å². The third-order valence-corrected chi connectivity index (χ3v) is 4.34. The fraction of sp³-hybridized carbons (Fsp3) is 0.438. The summed E-state index contributed by atoms with van der Waals surface area (Å²) in [5.41, 5.74) is 1.93. The third kappa shape index (κ3) is 4.05. The van der Waals surface area contributed by atoms with E-state index in [1.54, 1.807) is 6.07 Å². The van der Waals surface area contributed by atoms with Crippen LogP contribution in [-0.4, -0.2) is 34.7 Å². The minimum Gasteiger partial charge on any atom is -0.488 e. The van der Waals surface area contributed by atoms with Gasteiger partial charge >= 0.3 is 0 Å². The smallest absolute Gasteiger partial charge is 0.276 e. The number of hydrogen-bond acceptors (Lipinski definition) is 6. The monoisotopic (exact) mass is 333 g/mol. The summed E-state index contributed by atoms with van der Waals surface area (Å²) in [5.74, 6) is 0.351. The molecule has 2 aromatic rings. The van der Waals surface area contributed by atoms with E-state index in [1.165, 1.54) is 11.3 Å². The first kappa shape index (κ1) is 15.9. The van der Waals surface area contributed by atoms with Crippen molar-refractivity contribution in [2.24, 2.45) is 0 Å². The van der Waals surface area contributed by atoms with Crippen molar-refractivity contribution in [1.82, 2.24) is 9.97 Å². The van der Waals surface area contributed by atoms with Gasteiger partial charge in [0.2, 0.25) is 0 Å². The number of pyridine rings is 1. The standard InChI is InChI=1S/C16H19N3O3S/c1-9-4-12(22-13-5-11(3)21-7-13)6-14(17-9)15(20)19-16-18-10(2)8-23-16/h4,6,8,11,13H,5,7H2,1-3H3,(H,18,19,20)/t11-,13+/m0/s1. The molecule has 1 fully saturated rings. The lowest BCUT2D eigenvalue weighted by molar-refractivity contribution is 0.101. The van der Waals surface area contributed by atoms with E-state index in [1.807, 2.05) is 32.2 Å². The minimum atomic E-state index is -0.288. The maximum absolute atomic E-state index is 12.3. The molecule has 0 aromatic carbocycles. The van der Waals surface area contributed by atoms with E-state index in [2.05, 4.69) is 15.3 Å². The molecule has 0 bridgehead atoms. The van der Waals surface area contributed by atoms with Gasteiger partial charge in [-0.3, -0.25) is 10.1 Å². The molecule has 2 aromatic heterocycles. The number of carbonyl (C=O) groups is 1. The van der Waals surface area contributed by atoms with Crippen molar-refractivity contribution >= 4 is 22.4 Å². The number of ether oxygens (including phenoxy) is 2. The zero-order valence-corrected chi connectivity index (χ0v) is 14.1. The molecule has 0 saturated carbocycles. The Morgan fingerprint density at radius 2 is 2.17 bits per heavy atom. The van der Waals surface area contributed by atoms with Gasteiger partial charge in [-0.1, -0.05) is 0 Å². The average Bonchev–Trinajstić information content (AvgIpc) is 3.07. The Kier molecular flexibility index (Phi) is 4.58. The molecule has 2 atom stereocenters. The van der Waals surface area contributed by atoms with Crippen LogP contribution in [0.1, 0.15) is 35.2 Å². The quantitative estimate of drug-likeness (QED) is 0.931. The van der Waals surface area contributed by atoms with E-state index in [9.17, 15) is 4.79 Å². The summed E-state index contributed by atoms with van der Waals surface area (Å²) in [4.78, 5) is 20.8. The Morgan fingerprint density at radius 3 is 2.83 bits per heavy atom. The van der Waals surface area contributed by atoms with E-state index in [-0.39, 0.29) is 18.1 Å². The molecule has 1 aliphatic heterocycles. The normalized spacial score (nSPS) is 20.5. The van der Waals surface area contributed by atoms with Crippen LogP contribution in [0, 0.1) is 13.8 Å². The second-order valence-corrected chi connectivity index (χ2v) is 6.56. The van der Waals surface area contributed by atoms with Crippen LogP contribution in [0.25, 0.3) is 0 Å². The molecule has 1 saturated heterocycles. The predicted octanol–water partition coefficient (Wildman–Crippen LogP) is 2.96. The number of aromatic nitrogens is 2. The van der Waals surface area contributed by atoms with E-state index < -0.39 is 0 Å². The second-order valence-electron chi connectivity index (χ2n) is 5.70. The van der Waals surface area contributed by atoms with Crippen molar-refractivity contribution in [1.29, 1.82) is 0 Å². The lowest BCUT2D eigenvalue weighted by Gasteiger charge is -2.13. The Bertz CT molecular complexity index is 716. The van der Waals surface area contributed by atoms with Crippen molar-refractivity contribution in [2.45, 2.75) is 39.4 Å². The van der Waals surface area contributed by atoms with Gasteiger partial charge in [0.1, 0.15) is 17.5 Å². The molecule has 0 unspecified atom stereocenters. The molecule has 3 rings (SSSR count). The van der Waals surface area contributed by atoms with Crippen LogP contribution in [0.2, 0.25) is 0 Å². The van der Waals surface area contributed by atoms with Crippen molar-refractivity contribution in [3.05, 3.63) is 34.6 Å². The van der Waals surface area contributed by atoms with Crippen LogP contribution in [0.4, 0.5) is 5.13 Å². The SMILES string of the molecule is Cc1cc(O[C@H]2CO[C@@H](C)C2)cc(C(=O)Nc2nc(C)cs2)n1. The molecule has 3 heterocycles. The summed E-state index contributed by atoms with van der Waals surface area (Å²) in [6, 6.07) is 3.49. The van der Waals surface area contributed by atoms with E-state index in [4.69, 9.17) is 9.47 Å². The number of rotatable bonds is 4. The van der Waals surface area contributed by atoms with Crippen LogP contribution in [0.15, 0.2) is 17.5 Å². The van der Waals surface area contributed by atoms with Crippen LogP contribution >= 0.6 is 11.3 Å². The minimum absolute atomic E-state index is 0.0179. The van der Waals surface area contributed by atoms with Crippen molar-refractivity contribution < 1.29 is 14.3 Å². The van der Waals surface area contributed by atoms with Crippen molar-refractivity contribution in [3.8, 4) is 5.75 Å². The van der Waals surface area contributed by atoms with E-state index in [0.29, 0.717) is 23.2 Å². The Hall–Kier alpha value is -1.99. The van der Waals surface area contributed by atoms with Crippen LogP contribution in [0.3, 0.4) is 0 Å². The number of anilines is 1. The fourth-order valence-electron chi connectivity index (χ4n) is 2.45. The highest BCUT2D eigenvalue weighted by Crippen LogP contribution is 2.22. The summed E-state index contributed by atoms with van der Waals surface area (Å²) in [6.45, 7) is 6.32. The number of nitrogens with zero attached hydrogens (tertiary/aromatic N) is 2. The first-order valence-electron chi connectivity index (χ1n) is 7.50. The van der Waals surface area contributed by atoms with E-state index in [0.717, 1.165) is 17.8 Å². The highest BCUT2D eigenvalue weighted by Gasteiger charge is 2.24. The molecule has 1 N–H and O–H groups in total. The summed E-state index contributed by atoms with van der Waals surface area (Å²) >= 11 is 1.39. The van der Waals surface area contributed by atoms with Gasteiger partial charge in [0.25, 0.3) is 5.91 Å². The van der Waals surface area contributed by atoms with Crippen molar-refractivity contribution in [3.63, 3.8) is 0 Å². The van der Waals surface area contributed by atoms with E-state index >= 15 is 0 Å². The molecular weight excluding hydrogens is 314 g/mol. The van der Waals surface area contributed by atoms with Gasteiger partial charge in [0.15, 0.2) is 5.13 Å². The first-order chi connectivity index (χ1) is 11.0. The van der Waals surface area contributed by atoms with Gasteiger partial charge in [-0.15, -0.1) is 11.3 Å². The molecule has 1 amide bonds. The van der Waals surface area contributed by atoms with Gasteiger partial charge in [-0.25, -0.2) is 9.97 Å². The van der Waals surface area contributed by atoms with Crippen LogP contribution in [0.5, 0.6) is 5.75 Å². The zero-order valence-electron chi connectivity index (χ0n) is 13.3. The van der Waals surface area contributed by atoms with Gasteiger partial charge in [0, 0.05) is 29.6 Å². The number of hydrogen-bond donors (Lipinski definition) is 1. The molecule has 7 heteroatoms. The summed E-state index contributed by atoms with van der Waals surface area (Å²) in [6.07, 6.45) is 1.07. The third-order valence-electron chi connectivity index (χ3n) is 3.46. The second kappa shape index (κ2) is 6.64. The number of thiazole rings is 1. The maximum atomic E-state index is 12.3. The average molecular weight is 333 g/mol. The zero-order chi connectivity index (χ0) is 16.4. The molecule has 0 radical (unpaired) electrons. The summed E-state index contributed by atoms with van der Waals surface area (Å²) in [7, 11) is 0. The lowest BCUT2D eigenvalue weighted by Crippen LogP contribution is -2.18. The fourth-order valence-corrected chi connectivity index (χ4v) is 3.13. The number of amides is 1. The van der Waals surface area contributed by atoms with Gasteiger partial charge in [-0.2, -0.15) is 0 Å². The Balaban J connectivity index is 1.72. The van der Waals surface area contributed by atoms with Crippen molar-refractivity contribution in [2.75, 3.05) is 11.9 Å². The molecule has 1 aliphatic rings. The predicted molar refractivity (Wildman–Crippen MR) is 88.2 cm³/mol. The first-order valence-corrected chi connectivity index (χ1v) is 8.38. The number of aryl methyl sites for hydroxylation is 2. The summed E-state index contributed by atoms with van der Waals surface area (Å²) in [5, 5.41) is 5.21. The van der Waals surface area contributed by atoms with Gasteiger partial charge in [-0.05, 0) is 20.8 Å². The highest BCUT2D eigenvalue weighted by molar-refractivity contribution is 7.13. The molecule has 122 valence electrons. The largest absolute Gasteiger partial charge is 0.488 e. The van der Waals surface area contributed by atoms with Gasteiger partial charge in [0.05, 0.1) is 18.4 Å². The molecular formula is C16H19N3O3S. The Morgan fingerprint density at radius 1 is 1.35 bits per heavy atom. The molecule has 6 nitrogen and oxygen atoms in total. The molecule has 0 spiro atoms. The van der Waals surface area contributed by atoms with Crippen LogP contribution < -0.4 is 10.1 Å². The number of carbonyl (C=O) groups excluding carboxylic acids is 1. The summed E-state index contributed by atoms with van der Waals surface area (Å²) < 4.78 is 11.4. The molecule has 0 aliphatic carbocycles. The lowest BCUT2D eigenvalue weighted by atomic mass is 10.2. The van der Waals surface area contributed by atoms with Crippen LogP contribution in [-0.2, 0) is 4.74 Å².